The Morgan fingerprint density at radius 3 is 2.80 bits per heavy atom. The van der Waals surface area contributed by atoms with Crippen LogP contribution >= 0.6 is 0 Å². The number of ether oxygens (including phenoxy) is 1. The SMILES string of the molecule is CC1(CNC(=O)c2cc(-c3ccccc3)n[nH]2)COC1. The van der Waals surface area contributed by atoms with Gasteiger partial charge in [0.15, 0.2) is 0 Å². The van der Waals surface area contributed by atoms with E-state index < -0.39 is 0 Å². The van der Waals surface area contributed by atoms with Gasteiger partial charge in [-0.05, 0) is 6.07 Å². The van der Waals surface area contributed by atoms with Crippen LogP contribution in [0.5, 0.6) is 0 Å². The molecule has 5 heteroatoms. The Hall–Kier alpha value is -2.14. The van der Waals surface area contributed by atoms with Crippen LogP contribution in [-0.2, 0) is 4.74 Å². The summed E-state index contributed by atoms with van der Waals surface area (Å²) < 4.78 is 5.17. The van der Waals surface area contributed by atoms with Gasteiger partial charge in [-0.25, -0.2) is 0 Å². The third-order valence-electron chi connectivity index (χ3n) is 3.47. The first kappa shape index (κ1) is 12.9. The van der Waals surface area contributed by atoms with Gasteiger partial charge in [0.05, 0.1) is 18.9 Å². The number of rotatable bonds is 4. The maximum atomic E-state index is 12.1. The zero-order valence-electron chi connectivity index (χ0n) is 11.3. The topological polar surface area (TPSA) is 67.0 Å². The number of carbonyl (C=O) groups excluding carboxylic acids is 1. The minimum atomic E-state index is -0.132. The van der Waals surface area contributed by atoms with Crippen molar-refractivity contribution in [1.29, 1.82) is 0 Å². The predicted molar refractivity (Wildman–Crippen MR) is 75.3 cm³/mol. The van der Waals surface area contributed by atoms with Gasteiger partial charge in [0.1, 0.15) is 5.69 Å². The van der Waals surface area contributed by atoms with Gasteiger partial charge in [-0.1, -0.05) is 37.3 Å². The fourth-order valence-electron chi connectivity index (χ4n) is 2.14. The summed E-state index contributed by atoms with van der Waals surface area (Å²) in [6.07, 6.45) is 0. The lowest BCUT2D eigenvalue weighted by molar-refractivity contribution is -0.0978. The fraction of sp³-hybridized carbons (Fsp3) is 0.333. The molecule has 2 aromatic rings. The van der Waals surface area contributed by atoms with E-state index in [1.807, 2.05) is 30.3 Å². The monoisotopic (exact) mass is 271 g/mol. The van der Waals surface area contributed by atoms with Crippen molar-refractivity contribution in [1.82, 2.24) is 15.5 Å². The molecule has 0 spiro atoms. The van der Waals surface area contributed by atoms with Crippen LogP contribution in [0.4, 0.5) is 0 Å². The summed E-state index contributed by atoms with van der Waals surface area (Å²) in [6, 6.07) is 11.5. The molecule has 5 nitrogen and oxygen atoms in total. The molecule has 2 N–H and O–H groups in total. The van der Waals surface area contributed by atoms with Gasteiger partial charge in [-0.3, -0.25) is 9.89 Å². The number of hydrogen-bond donors (Lipinski definition) is 2. The summed E-state index contributed by atoms with van der Waals surface area (Å²) >= 11 is 0. The van der Waals surface area contributed by atoms with E-state index in [-0.39, 0.29) is 11.3 Å². The van der Waals surface area contributed by atoms with E-state index >= 15 is 0 Å². The number of benzene rings is 1. The molecule has 0 unspecified atom stereocenters. The van der Waals surface area contributed by atoms with Gasteiger partial charge < -0.3 is 10.1 Å². The van der Waals surface area contributed by atoms with Gasteiger partial charge in [0.25, 0.3) is 5.91 Å². The summed E-state index contributed by atoms with van der Waals surface area (Å²) in [7, 11) is 0. The molecule has 1 fully saturated rings. The van der Waals surface area contributed by atoms with Gasteiger partial charge >= 0.3 is 0 Å². The van der Waals surface area contributed by atoms with Crippen molar-refractivity contribution in [3.05, 3.63) is 42.1 Å². The van der Waals surface area contributed by atoms with Gasteiger partial charge in [-0.15, -0.1) is 0 Å². The quantitative estimate of drug-likeness (QED) is 0.891. The number of nitrogens with zero attached hydrogens (tertiary/aromatic N) is 1. The Labute approximate surface area is 117 Å². The molecular weight excluding hydrogens is 254 g/mol. The number of hydrogen-bond acceptors (Lipinski definition) is 3. The van der Waals surface area contributed by atoms with Crippen LogP contribution < -0.4 is 5.32 Å². The zero-order valence-corrected chi connectivity index (χ0v) is 11.3. The van der Waals surface area contributed by atoms with Crippen LogP contribution in [0.25, 0.3) is 11.3 Å². The van der Waals surface area contributed by atoms with Crippen molar-refractivity contribution >= 4 is 5.91 Å². The minimum absolute atomic E-state index is 0.0674. The van der Waals surface area contributed by atoms with Crippen molar-refractivity contribution < 1.29 is 9.53 Å². The second kappa shape index (κ2) is 5.09. The number of aromatic amines is 1. The van der Waals surface area contributed by atoms with Gasteiger partial charge in [-0.2, -0.15) is 5.10 Å². The lowest BCUT2D eigenvalue weighted by Crippen LogP contribution is -2.48. The number of H-pyrrole nitrogens is 1. The molecule has 104 valence electrons. The highest BCUT2D eigenvalue weighted by Gasteiger charge is 2.33. The molecule has 20 heavy (non-hydrogen) atoms. The molecule has 0 aliphatic carbocycles. The second-order valence-electron chi connectivity index (χ2n) is 5.52. The Kier molecular flexibility index (Phi) is 3.28. The highest BCUT2D eigenvalue weighted by molar-refractivity contribution is 5.93. The first-order valence-corrected chi connectivity index (χ1v) is 6.63. The molecule has 1 aliphatic heterocycles. The van der Waals surface area contributed by atoms with Crippen molar-refractivity contribution in [2.75, 3.05) is 19.8 Å². The Morgan fingerprint density at radius 1 is 1.40 bits per heavy atom. The summed E-state index contributed by atoms with van der Waals surface area (Å²) in [5.41, 5.74) is 2.31. The van der Waals surface area contributed by atoms with Crippen molar-refractivity contribution in [3.8, 4) is 11.3 Å². The molecule has 3 rings (SSSR count). The highest BCUT2D eigenvalue weighted by atomic mass is 16.5. The van der Waals surface area contributed by atoms with Crippen molar-refractivity contribution in [2.45, 2.75) is 6.92 Å². The average Bonchev–Trinajstić information content (AvgIpc) is 2.93. The molecule has 0 atom stereocenters. The number of aromatic nitrogens is 2. The molecule has 0 bridgehead atoms. The van der Waals surface area contributed by atoms with Crippen LogP contribution in [0, 0.1) is 5.41 Å². The van der Waals surface area contributed by atoms with Crippen LogP contribution in [-0.4, -0.2) is 35.9 Å². The summed E-state index contributed by atoms with van der Waals surface area (Å²) in [5.74, 6) is -0.132. The van der Waals surface area contributed by atoms with Crippen molar-refractivity contribution in [2.24, 2.45) is 5.41 Å². The van der Waals surface area contributed by atoms with E-state index in [0.29, 0.717) is 25.5 Å². The van der Waals surface area contributed by atoms with E-state index in [1.54, 1.807) is 6.07 Å². The molecule has 1 aromatic heterocycles. The third kappa shape index (κ3) is 2.58. The van der Waals surface area contributed by atoms with Gasteiger partial charge in [0.2, 0.25) is 0 Å². The van der Waals surface area contributed by atoms with Gasteiger partial charge in [0, 0.05) is 17.5 Å². The second-order valence-corrected chi connectivity index (χ2v) is 5.52. The first-order valence-electron chi connectivity index (χ1n) is 6.63. The number of amides is 1. The predicted octanol–water partition coefficient (Wildman–Crippen LogP) is 1.84. The van der Waals surface area contributed by atoms with Crippen LogP contribution in [0.3, 0.4) is 0 Å². The van der Waals surface area contributed by atoms with E-state index in [0.717, 1.165) is 11.3 Å². The molecule has 2 heterocycles. The Bertz CT molecular complexity index is 603. The van der Waals surface area contributed by atoms with Crippen molar-refractivity contribution in [3.63, 3.8) is 0 Å². The lowest BCUT2D eigenvalue weighted by atomic mass is 9.89. The minimum Gasteiger partial charge on any atom is -0.380 e. The first-order chi connectivity index (χ1) is 9.66. The smallest absolute Gasteiger partial charge is 0.269 e. The molecular formula is C15H17N3O2. The third-order valence-corrected chi connectivity index (χ3v) is 3.47. The fourth-order valence-corrected chi connectivity index (χ4v) is 2.14. The average molecular weight is 271 g/mol. The van der Waals surface area contributed by atoms with E-state index in [9.17, 15) is 4.79 Å². The Balaban J connectivity index is 1.66. The van der Waals surface area contributed by atoms with E-state index in [1.165, 1.54) is 0 Å². The number of nitrogens with one attached hydrogen (secondary N) is 2. The normalized spacial score (nSPS) is 16.4. The largest absolute Gasteiger partial charge is 0.380 e. The molecule has 0 saturated carbocycles. The molecule has 1 aliphatic rings. The van der Waals surface area contributed by atoms with Crippen LogP contribution in [0.1, 0.15) is 17.4 Å². The summed E-state index contributed by atoms with van der Waals surface area (Å²) in [4.78, 5) is 12.1. The zero-order chi connectivity index (χ0) is 14.0. The Morgan fingerprint density at radius 2 is 2.15 bits per heavy atom. The van der Waals surface area contributed by atoms with Crippen LogP contribution in [0.2, 0.25) is 0 Å². The lowest BCUT2D eigenvalue weighted by Gasteiger charge is -2.37. The van der Waals surface area contributed by atoms with E-state index in [4.69, 9.17) is 4.74 Å². The summed E-state index contributed by atoms with van der Waals surface area (Å²) in [5, 5.41) is 9.87. The number of carbonyl (C=O) groups is 1. The molecule has 1 amide bonds. The highest BCUT2D eigenvalue weighted by Crippen LogP contribution is 2.25. The maximum Gasteiger partial charge on any atom is 0.269 e. The maximum absolute atomic E-state index is 12.1. The summed E-state index contributed by atoms with van der Waals surface area (Å²) in [6.45, 7) is 4.11. The molecule has 1 aromatic carbocycles. The molecule has 1 saturated heterocycles. The molecule has 0 radical (unpaired) electrons. The standard InChI is InChI=1S/C15H17N3O2/c1-15(9-20-10-15)8-16-14(19)13-7-12(17-18-13)11-5-3-2-4-6-11/h2-7H,8-10H2,1H3,(H,16,19)(H,17,18). The van der Waals surface area contributed by atoms with E-state index in [2.05, 4.69) is 22.4 Å². The van der Waals surface area contributed by atoms with Crippen LogP contribution in [0.15, 0.2) is 36.4 Å².